The molecule has 1 atom stereocenters. The number of nitrogens with one attached hydrogen (secondary N) is 1. The van der Waals surface area contributed by atoms with Crippen LogP contribution in [0.5, 0.6) is 5.75 Å². The fraction of sp³-hybridized carbons (Fsp3) is 0.483. The Morgan fingerprint density at radius 2 is 2.02 bits per heavy atom. The zero-order valence-electron chi connectivity index (χ0n) is 22.4. The Morgan fingerprint density at radius 3 is 2.77 bits per heavy atom. The Morgan fingerprint density at radius 1 is 1.18 bits per heavy atom. The average Bonchev–Trinajstić information content (AvgIpc) is 3.89. The van der Waals surface area contributed by atoms with Gasteiger partial charge in [0.2, 0.25) is 0 Å². The zero-order valence-corrected chi connectivity index (χ0v) is 23.2. The molecule has 208 valence electrons. The van der Waals surface area contributed by atoms with Crippen LogP contribution >= 0.6 is 11.8 Å². The molecular weight excluding hydrogens is 531 g/mol. The van der Waals surface area contributed by atoms with Crippen molar-refractivity contribution in [2.45, 2.75) is 75.2 Å². The molecule has 2 fully saturated rings. The molecule has 3 aromatic rings. The van der Waals surface area contributed by atoms with Crippen molar-refractivity contribution in [2.24, 2.45) is 0 Å². The number of thioether (sulfide) groups is 1. The molecule has 0 spiro atoms. The van der Waals surface area contributed by atoms with Crippen molar-refractivity contribution in [3.05, 3.63) is 64.2 Å². The van der Waals surface area contributed by atoms with E-state index in [0.29, 0.717) is 42.4 Å². The van der Waals surface area contributed by atoms with Crippen LogP contribution in [0.1, 0.15) is 83.4 Å². The van der Waals surface area contributed by atoms with Crippen LogP contribution in [0.2, 0.25) is 0 Å². The summed E-state index contributed by atoms with van der Waals surface area (Å²) in [6, 6.07) is 4.48. The fourth-order valence-corrected chi connectivity index (χ4v) is 6.57. The lowest BCUT2D eigenvalue weighted by molar-refractivity contribution is -0.135. The lowest BCUT2D eigenvalue weighted by Gasteiger charge is -2.36. The van der Waals surface area contributed by atoms with Crippen LogP contribution in [-0.4, -0.2) is 61.2 Å². The first-order valence-electron chi connectivity index (χ1n) is 14.1. The molecule has 0 aromatic carbocycles. The minimum Gasteiger partial charge on any atom is -0.482 e. The van der Waals surface area contributed by atoms with E-state index in [1.807, 2.05) is 6.92 Å². The number of aromatic nitrogens is 4. The van der Waals surface area contributed by atoms with Gasteiger partial charge in [0.25, 0.3) is 11.8 Å². The molecule has 7 rings (SSSR count). The van der Waals surface area contributed by atoms with Gasteiger partial charge in [-0.25, -0.2) is 14.4 Å². The minimum atomic E-state index is -0.676. The molecule has 2 aliphatic carbocycles. The van der Waals surface area contributed by atoms with E-state index in [9.17, 15) is 9.59 Å². The van der Waals surface area contributed by atoms with Crippen molar-refractivity contribution in [3.63, 3.8) is 0 Å². The second kappa shape index (κ2) is 10.2. The summed E-state index contributed by atoms with van der Waals surface area (Å²) in [5.41, 5.74) is 3.88. The number of ether oxygens (including phenoxy) is 1. The summed E-state index contributed by atoms with van der Waals surface area (Å²) in [6.07, 6.45) is 7.02. The average molecular weight is 563 g/mol. The van der Waals surface area contributed by atoms with Gasteiger partial charge in [-0.05, 0) is 61.8 Å². The van der Waals surface area contributed by atoms with E-state index in [4.69, 9.17) is 9.72 Å². The van der Waals surface area contributed by atoms with Crippen molar-refractivity contribution in [3.8, 4) is 5.75 Å². The highest BCUT2D eigenvalue weighted by atomic mass is 32.2. The van der Waals surface area contributed by atoms with Crippen molar-refractivity contribution in [2.75, 3.05) is 18.9 Å². The molecule has 4 aliphatic rings. The predicted molar refractivity (Wildman–Crippen MR) is 146 cm³/mol. The number of carbonyl (C=O) groups is 2. The van der Waals surface area contributed by atoms with Crippen LogP contribution in [0.4, 0.5) is 4.39 Å². The van der Waals surface area contributed by atoms with E-state index in [1.165, 1.54) is 0 Å². The fourth-order valence-electron chi connectivity index (χ4n) is 5.60. The normalized spacial score (nSPS) is 19.8. The van der Waals surface area contributed by atoms with Gasteiger partial charge in [0.15, 0.2) is 11.8 Å². The largest absolute Gasteiger partial charge is 0.482 e. The van der Waals surface area contributed by atoms with Gasteiger partial charge < -0.3 is 19.5 Å². The molecule has 5 heterocycles. The lowest BCUT2D eigenvalue weighted by atomic mass is 9.97. The maximum absolute atomic E-state index is 15.6. The van der Waals surface area contributed by atoms with E-state index < -0.39 is 6.04 Å². The second-order valence-corrected chi connectivity index (χ2v) is 12.0. The van der Waals surface area contributed by atoms with E-state index in [0.717, 1.165) is 60.1 Å². The van der Waals surface area contributed by atoms with Crippen LogP contribution in [0.25, 0.3) is 0 Å². The van der Waals surface area contributed by atoms with Crippen molar-refractivity contribution in [1.29, 1.82) is 0 Å². The molecule has 2 amide bonds. The summed E-state index contributed by atoms with van der Waals surface area (Å²) < 4.78 is 23.7. The van der Waals surface area contributed by atoms with Crippen molar-refractivity contribution < 1.29 is 18.7 Å². The lowest BCUT2D eigenvalue weighted by Crippen LogP contribution is -2.44. The number of pyridine rings is 2. The van der Waals surface area contributed by atoms with Gasteiger partial charge in [0.1, 0.15) is 29.0 Å². The molecule has 11 heteroatoms. The first-order valence-corrected chi connectivity index (χ1v) is 15.1. The number of halogens is 1. The summed E-state index contributed by atoms with van der Waals surface area (Å²) >= 11 is 1.68. The molecule has 0 bridgehead atoms. The number of hydrogen-bond donors (Lipinski definition) is 1. The highest BCUT2D eigenvalue weighted by Gasteiger charge is 2.40. The summed E-state index contributed by atoms with van der Waals surface area (Å²) in [5.74, 6) is 0.902. The van der Waals surface area contributed by atoms with Crippen LogP contribution in [0.3, 0.4) is 0 Å². The highest BCUT2D eigenvalue weighted by molar-refractivity contribution is 7.99. The standard InChI is InChI=1S/C29H31FN6O3S/c1-2-20-23(8-7-22(33-20)28(38)32-18-5-6-18)39-15-24(37)35-10-9-21-26(36-11-12-40-29(36)34-21)27(35)25-19(30)13-17(14-31-25)16-3-4-16/h7-8,13-14,16,18,27H,2-6,9-12,15H2,1H3,(H,32,38). The number of carbonyl (C=O) groups excluding carboxylic acids is 2. The summed E-state index contributed by atoms with van der Waals surface area (Å²) in [7, 11) is 0. The Bertz CT molecular complexity index is 1500. The number of aryl methyl sites for hydroxylation is 1. The van der Waals surface area contributed by atoms with Gasteiger partial charge in [-0.3, -0.25) is 14.6 Å². The second-order valence-electron chi connectivity index (χ2n) is 10.9. The van der Waals surface area contributed by atoms with Crippen molar-refractivity contribution in [1.82, 2.24) is 29.7 Å². The Balaban J connectivity index is 1.15. The number of rotatable bonds is 8. The van der Waals surface area contributed by atoms with Gasteiger partial charge in [0.05, 0.1) is 17.1 Å². The monoisotopic (exact) mass is 562 g/mol. The van der Waals surface area contributed by atoms with E-state index in [1.54, 1.807) is 41.1 Å². The highest BCUT2D eigenvalue weighted by Crippen LogP contribution is 2.43. The van der Waals surface area contributed by atoms with Crippen molar-refractivity contribution >= 4 is 23.6 Å². The molecule has 3 aromatic heterocycles. The smallest absolute Gasteiger partial charge is 0.270 e. The Labute approximate surface area is 235 Å². The third-order valence-electron chi connectivity index (χ3n) is 8.04. The maximum atomic E-state index is 15.6. The molecular formula is C29H31FN6O3S. The van der Waals surface area contributed by atoms with Gasteiger partial charge in [-0.2, -0.15) is 0 Å². The van der Waals surface area contributed by atoms with Crippen LogP contribution in [-0.2, 0) is 24.2 Å². The number of imidazole rings is 1. The maximum Gasteiger partial charge on any atom is 0.270 e. The number of fused-ring (bicyclic) bond motifs is 3. The molecule has 9 nitrogen and oxygen atoms in total. The molecule has 2 aliphatic heterocycles. The summed E-state index contributed by atoms with van der Waals surface area (Å²) in [5, 5.41) is 3.86. The van der Waals surface area contributed by atoms with Gasteiger partial charge in [-0.1, -0.05) is 18.7 Å². The van der Waals surface area contributed by atoms with Gasteiger partial charge in [0, 0.05) is 37.5 Å². The van der Waals surface area contributed by atoms with Gasteiger partial charge >= 0.3 is 0 Å². The summed E-state index contributed by atoms with van der Waals surface area (Å²) in [4.78, 5) is 41.7. The molecule has 1 N–H and O–H groups in total. The van der Waals surface area contributed by atoms with Crippen LogP contribution in [0.15, 0.2) is 29.6 Å². The van der Waals surface area contributed by atoms with Crippen LogP contribution < -0.4 is 10.1 Å². The third-order valence-corrected chi connectivity index (χ3v) is 8.99. The zero-order chi connectivity index (χ0) is 27.4. The SMILES string of the molecule is CCc1nc(C(=O)NC2CC2)ccc1OCC(=O)N1CCc2nc3n(c2C1c1ncc(C2CC2)cc1F)CCS3. The first-order chi connectivity index (χ1) is 19.5. The Hall–Kier alpha value is -3.47. The third kappa shape index (κ3) is 4.74. The molecule has 0 radical (unpaired) electrons. The van der Waals surface area contributed by atoms with Gasteiger partial charge in [-0.15, -0.1) is 0 Å². The topological polar surface area (TPSA) is 102 Å². The Kier molecular flexibility index (Phi) is 6.48. The quantitative estimate of drug-likeness (QED) is 0.446. The minimum absolute atomic E-state index is 0.194. The van der Waals surface area contributed by atoms with Crippen LogP contribution in [0, 0.1) is 5.82 Å². The van der Waals surface area contributed by atoms with E-state index >= 15 is 4.39 Å². The molecule has 2 saturated carbocycles. The molecule has 0 saturated heterocycles. The molecule has 40 heavy (non-hydrogen) atoms. The summed E-state index contributed by atoms with van der Waals surface area (Å²) in [6.45, 7) is 2.86. The van der Waals surface area contributed by atoms with E-state index in [-0.39, 0.29) is 36.0 Å². The van der Waals surface area contributed by atoms with E-state index in [2.05, 4.69) is 19.9 Å². The molecule has 1 unspecified atom stereocenters. The number of nitrogens with zero attached hydrogens (tertiary/aromatic N) is 5. The first kappa shape index (κ1) is 25.5. The number of hydrogen-bond acceptors (Lipinski definition) is 7. The number of amides is 2. The predicted octanol–water partition coefficient (Wildman–Crippen LogP) is 3.80.